The molecule has 0 fully saturated rings. The summed E-state index contributed by atoms with van der Waals surface area (Å²) >= 11 is 0. The van der Waals surface area contributed by atoms with Crippen LogP contribution in [0.15, 0.2) is 12.3 Å². The molecular formula is C7H13NO2. The molecule has 0 atom stereocenters. The van der Waals surface area contributed by atoms with E-state index in [1.165, 1.54) is 0 Å². The first-order valence-electron chi connectivity index (χ1n) is 3.03. The molecule has 0 unspecified atom stereocenters. The molecule has 0 saturated carbocycles. The van der Waals surface area contributed by atoms with Crippen LogP contribution < -0.4 is 5.32 Å². The van der Waals surface area contributed by atoms with Gasteiger partial charge in [-0.2, -0.15) is 0 Å². The highest BCUT2D eigenvalue weighted by atomic mass is 16.4. The third kappa shape index (κ3) is 3.95. The average Bonchev–Trinajstić information content (AvgIpc) is 1.60. The van der Waals surface area contributed by atoms with Gasteiger partial charge in [-0.25, -0.2) is 4.79 Å². The molecular weight excluding hydrogens is 130 g/mol. The molecule has 0 saturated heterocycles. The molecule has 0 aromatic heterocycles. The lowest BCUT2D eigenvalue weighted by Gasteiger charge is -2.21. The molecule has 3 heteroatoms. The lowest BCUT2D eigenvalue weighted by molar-refractivity contribution is -0.133. The summed E-state index contributed by atoms with van der Waals surface area (Å²) in [6.07, 6.45) is 0. The largest absolute Gasteiger partial charge is 0.477 e. The second-order valence-corrected chi connectivity index (χ2v) is 3.16. The van der Waals surface area contributed by atoms with Crippen LogP contribution in [0.2, 0.25) is 0 Å². The smallest absolute Gasteiger partial charge is 0.351 e. The molecule has 0 aliphatic heterocycles. The second-order valence-electron chi connectivity index (χ2n) is 3.16. The fraction of sp³-hybridized carbons (Fsp3) is 0.571. The third-order valence-electron chi connectivity index (χ3n) is 0.784. The minimum absolute atomic E-state index is 0.0347. The van der Waals surface area contributed by atoms with E-state index in [0.717, 1.165) is 0 Å². The van der Waals surface area contributed by atoms with Gasteiger partial charge < -0.3 is 10.4 Å². The van der Waals surface area contributed by atoms with E-state index in [4.69, 9.17) is 5.11 Å². The molecule has 0 aromatic carbocycles. The molecule has 0 aliphatic carbocycles. The van der Waals surface area contributed by atoms with Gasteiger partial charge in [-0.05, 0) is 20.8 Å². The van der Waals surface area contributed by atoms with Gasteiger partial charge in [0.25, 0.3) is 0 Å². The molecule has 0 spiro atoms. The molecule has 0 aliphatic rings. The van der Waals surface area contributed by atoms with Crippen molar-refractivity contribution in [3.63, 3.8) is 0 Å². The number of rotatable bonds is 2. The number of aliphatic carboxylic acids is 1. The maximum atomic E-state index is 10.2. The quantitative estimate of drug-likeness (QED) is 0.566. The van der Waals surface area contributed by atoms with Crippen LogP contribution >= 0.6 is 0 Å². The number of carboxylic acids is 1. The van der Waals surface area contributed by atoms with Crippen LogP contribution in [0.3, 0.4) is 0 Å². The number of carboxylic acid groups (broad SMARTS) is 1. The van der Waals surface area contributed by atoms with E-state index in [0.29, 0.717) is 0 Å². The molecule has 58 valence electrons. The minimum atomic E-state index is -1.00. The third-order valence-corrected chi connectivity index (χ3v) is 0.784. The Kier molecular flexibility index (Phi) is 2.46. The summed E-state index contributed by atoms with van der Waals surface area (Å²) in [5.41, 5.74) is -0.192. The Morgan fingerprint density at radius 1 is 1.50 bits per heavy atom. The summed E-state index contributed by atoms with van der Waals surface area (Å²) in [4.78, 5) is 10.2. The molecule has 0 rings (SSSR count). The SMILES string of the molecule is C=C(NC(C)(C)C)C(=O)O. The van der Waals surface area contributed by atoms with Crippen molar-refractivity contribution in [2.45, 2.75) is 26.3 Å². The van der Waals surface area contributed by atoms with Gasteiger partial charge in [0.15, 0.2) is 0 Å². The summed E-state index contributed by atoms with van der Waals surface area (Å²) in [6, 6.07) is 0. The Bertz CT molecular complexity index is 155. The maximum Gasteiger partial charge on any atom is 0.351 e. The molecule has 0 heterocycles. The number of carbonyl (C=O) groups is 1. The van der Waals surface area contributed by atoms with E-state index >= 15 is 0 Å². The topological polar surface area (TPSA) is 49.3 Å². The van der Waals surface area contributed by atoms with Crippen molar-refractivity contribution in [1.82, 2.24) is 5.32 Å². The molecule has 2 N–H and O–H groups in total. The van der Waals surface area contributed by atoms with Gasteiger partial charge in [-0.1, -0.05) is 6.58 Å². The van der Waals surface area contributed by atoms with Crippen LogP contribution in [0.4, 0.5) is 0 Å². The van der Waals surface area contributed by atoms with E-state index in [1.54, 1.807) is 0 Å². The van der Waals surface area contributed by atoms with E-state index in [-0.39, 0.29) is 11.2 Å². The lowest BCUT2D eigenvalue weighted by Crippen LogP contribution is -2.37. The van der Waals surface area contributed by atoms with E-state index < -0.39 is 5.97 Å². The molecule has 0 aromatic rings. The Hall–Kier alpha value is -0.990. The number of hydrogen-bond donors (Lipinski definition) is 2. The van der Waals surface area contributed by atoms with Crippen molar-refractivity contribution in [1.29, 1.82) is 0 Å². The fourth-order valence-corrected chi connectivity index (χ4v) is 0.506. The first kappa shape index (κ1) is 9.01. The number of nitrogens with one attached hydrogen (secondary N) is 1. The normalized spacial score (nSPS) is 10.7. The van der Waals surface area contributed by atoms with Crippen molar-refractivity contribution in [3.05, 3.63) is 12.3 Å². The predicted octanol–water partition coefficient (Wildman–Crippen LogP) is 0.973. The summed E-state index contributed by atoms with van der Waals surface area (Å²) in [5, 5.41) is 11.1. The predicted molar refractivity (Wildman–Crippen MR) is 39.7 cm³/mol. The van der Waals surface area contributed by atoms with E-state index in [9.17, 15) is 4.79 Å². The van der Waals surface area contributed by atoms with E-state index in [1.807, 2.05) is 20.8 Å². The Morgan fingerprint density at radius 2 is 1.90 bits per heavy atom. The molecule has 0 amide bonds. The van der Waals surface area contributed by atoms with Gasteiger partial charge in [0, 0.05) is 5.54 Å². The van der Waals surface area contributed by atoms with Gasteiger partial charge in [-0.3, -0.25) is 0 Å². The zero-order valence-electron chi connectivity index (χ0n) is 6.56. The van der Waals surface area contributed by atoms with Gasteiger partial charge >= 0.3 is 5.97 Å². The van der Waals surface area contributed by atoms with Gasteiger partial charge in [0.05, 0.1) is 0 Å². The summed E-state index contributed by atoms with van der Waals surface area (Å²) in [7, 11) is 0. The molecule has 0 bridgehead atoms. The van der Waals surface area contributed by atoms with Crippen LogP contribution in [-0.4, -0.2) is 16.6 Å². The Balaban J connectivity index is 3.93. The zero-order chi connectivity index (χ0) is 8.36. The van der Waals surface area contributed by atoms with Crippen LogP contribution in [0.25, 0.3) is 0 Å². The van der Waals surface area contributed by atoms with E-state index in [2.05, 4.69) is 11.9 Å². The van der Waals surface area contributed by atoms with Gasteiger partial charge in [0.2, 0.25) is 0 Å². The van der Waals surface area contributed by atoms with Crippen molar-refractivity contribution < 1.29 is 9.90 Å². The number of hydrogen-bond acceptors (Lipinski definition) is 2. The standard InChI is InChI=1S/C7H13NO2/c1-5(6(9)10)8-7(2,3)4/h8H,1H2,2-4H3,(H,9,10). The zero-order valence-corrected chi connectivity index (χ0v) is 6.56. The maximum absolute atomic E-state index is 10.2. The second kappa shape index (κ2) is 2.73. The summed E-state index contributed by atoms with van der Waals surface area (Å²) in [5.74, 6) is -1.00. The molecule has 10 heavy (non-hydrogen) atoms. The first-order chi connectivity index (χ1) is 4.33. The van der Waals surface area contributed by atoms with Crippen LogP contribution in [-0.2, 0) is 4.79 Å². The van der Waals surface area contributed by atoms with Crippen LogP contribution in [0.5, 0.6) is 0 Å². The molecule has 3 nitrogen and oxygen atoms in total. The van der Waals surface area contributed by atoms with Gasteiger partial charge in [0.1, 0.15) is 5.70 Å². The minimum Gasteiger partial charge on any atom is -0.477 e. The Morgan fingerprint density at radius 3 is 2.00 bits per heavy atom. The highest BCUT2D eigenvalue weighted by Gasteiger charge is 2.13. The van der Waals surface area contributed by atoms with Crippen LogP contribution in [0.1, 0.15) is 20.8 Å². The highest BCUT2D eigenvalue weighted by molar-refractivity contribution is 5.85. The summed E-state index contributed by atoms with van der Waals surface area (Å²) in [6.45, 7) is 8.96. The first-order valence-corrected chi connectivity index (χ1v) is 3.03. The fourth-order valence-electron chi connectivity index (χ4n) is 0.506. The highest BCUT2D eigenvalue weighted by Crippen LogP contribution is 2.01. The average molecular weight is 143 g/mol. The lowest BCUT2D eigenvalue weighted by atomic mass is 10.1. The molecule has 0 radical (unpaired) electrons. The summed E-state index contributed by atoms with van der Waals surface area (Å²) < 4.78 is 0. The van der Waals surface area contributed by atoms with Gasteiger partial charge in [-0.15, -0.1) is 0 Å². The van der Waals surface area contributed by atoms with Crippen LogP contribution in [0, 0.1) is 0 Å². The van der Waals surface area contributed by atoms with Crippen molar-refractivity contribution in [3.8, 4) is 0 Å². The van der Waals surface area contributed by atoms with Crippen molar-refractivity contribution >= 4 is 5.97 Å². The van der Waals surface area contributed by atoms with Crippen molar-refractivity contribution in [2.24, 2.45) is 0 Å². The monoisotopic (exact) mass is 143 g/mol. The Labute approximate surface area is 60.7 Å². The van der Waals surface area contributed by atoms with Crippen molar-refractivity contribution in [2.75, 3.05) is 0 Å².